The van der Waals surface area contributed by atoms with Crippen molar-refractivity contribution in [3.05, 3.63) is 36.3 Å². The molecule has 0 fully saturated rings. The van der Waals surface area contributed by atoms with Crippen LogP contribution in [0.25, 0.3) is 5.82 Å². The van der Waals surface area contributed by atoms with Crippen molar-refractivity contribution in [1.29, 1.82) is 0 Å². The minimum Gasteiger partial charge on any atom is -0.393 e. The number of amides is 1. The van der Waals surface area contributed by atoms with Gasteiger partial charge < -0.3 is 15.0 Å². The first-order valence-electron chi connectivity index (χ1n) is 7.12. The van der Waals surface area contributed by atoms with Crippen molar-refractivity contribution < 1.29 is 9.90 Å². The average Bonchev–Trinajstić information content (AvgIpc) is 3.06. The summed E-state index contributed by atoms with van der Waals surface area (Å²) >= 11 is 0. The van der Waals surface area contributed by atoms with Gasteiger partial charge in [-0.25, -0.2) is 0 Å². The summed E-state index contributed by atoms with van der Waals surface area (Å²) in [6.07, 6.45) is 5.45. The maximum absolute atomic E-state index is 12.3. The monoisotopic (exact) mass is 290 g/mol. The summed E-state index contributed by atoms with van der Waals surface area (Å²) in [4.78, 5) is 12.3. The lowest BCUT2D eigenvalue weighted by molar-refractivity contribution is 0.0920. The highest BCUT2D eigenvalue weighted by molar-refractivity contribution is 5.97. The zero-order valence-electron chi connectivity index (χ0n) is 12.7. The van der Waals surface area contributed by atoms with E-state index in [1.165, 1.54) is 0 Å². The molecule has 0 bridgehead atoms. The Balaban J connectivity index is 2.04. The Labute approximate surface area is 124 Å². The van der Waals surface area contributed by atoms with E-state index in [2.05, 4.69) is 10.4 Å². The van der Waals surface area contributed by atoms with Crippen LogP contribution in [0.4, 0.5) is 0 Å². The molecular weight excluding hydrogens is 268 g/mol. The van der Waals surface area contributed by atoms with Gasteiger partial charge in [-0.3, -0.25) is 9.48 Å². The van der Waals surface area contributed by atoms with Crippen molar-refractivity contribution in [1.82, 2.24) is 19.7 Å². The van der Waals surface area contributed by atoms with Gasteiger partial charge in [0.1, 0.15) is 11.4 Å². The number of aromatic nitrogens is 3. The van der Waals surface area contributed by atoms with E-state index >= 15 is 0 Å². The van der Waals surface area contributed by atoms with E-state index in [-0.39, 0.29) is 11.8 Å². The molecule has 6 heteroatoms. The highest BCUT2D eigenvalue weighted by Crippen LogP contribution is 2.14. The molecule has 0 spiro atoms. The summed E-state index contributed by atoms with van der Waals surface area (Å²) in [5, 5.41) is 16.7. The molecule has 2 N–H and O–H groups in total. The fourth-order valence-electron chi connectivity index (χ4n) is 2.14. The molecule has 1 atom stereocenters. The van der Waals surface area contributed by atoms with Gasteiger partial charge in [0.15, 0.2) is 0 Å². The molecule has 0 saturated heterocycles. The third-order valence-corrected chi connectivity index (χ3v) is 3.50. The number of hydrogen-bond donors (Lipinski definition) is 2. The summed E-state index contributed by atoms with van der Waals surface area (Å²) in [6.45, 7) is 4.35. The van der Waals surface area contributed by atoms with Crippen LogP contribution < -0.4 is 5.32 Å². The highest BCUT2D eigenvalue weighted by atomic mass is 16.3. The van der Waals surface area contributed by atoms with Gasteiger partial charge in [-0.2, -0.15) is 5.10 Å². The van der Waals surface area contributed by atoms with E-state index in [1.807, 2.05) is 42.9 Å². The topological polar surface area (TPSA) is 72.1 Å². The van der Waals surface area contributed by atoms with Crippen molar-refractivity contribution in [3.8, 4) is 5.82 Å². The molecule has 2 rings (SSSR count). The third-order valence-electron chi connectivity index (χ3n) is 3.50. The van der Waals surface area contributed by atoms with E-state index in [0.717, 1.165) is 5.82 Å². The molecule has 0 aliphatic heterocycles. The summed E-state index contributed by atoms with van der Waals surface area (Å²) in [5.74, 6) is 0.736. The summed E-state index contributed by atoms with van der Waals surface area (Å²) < 4.78 is 3.52. The van der Waals surface area contributed by atoms with Crippen LogP contribution in [0.15, 0.2) is 30.7 Å². The number of aliphatic hydroxyl groups is 1. The zero-order chi connectivity index (χ0) is 15.4. The van der Waals surface area contributed by atoms with E-state index in [9.17, 15) is 9.90 Å². The number of nitrogens with zero attached hydrogens (tertiary/aromatic N) is 3. The first-order valence-corrected chi connectivity index (χ1v) is 7.12. The van der Waals surface area contributed by atoms with Crippen LogP contribution in [0.3, 0.4) is 0 Å². The van der Waals surface area contributed by atoms with Crippen molar-refractivity contribution in [2.45, 2.75) is 26.4 Å². The molecule has 2 heterocycles. The lowest BCUT2D eigenvalue weighted by Crippen LogP contribution is -2.29. The molecule has 0 aliphatic rings. The zero-order valence-corrected chi connectivity index (χ0v) is 12.7. The van der Waals surface area contributed by atoms with Crippen LogP contribution in [0.5, 0.6) is 0 Å². The number of nitrogens with one attached hydrogen (secondary N) is 1. The van der Waals surface area contributed by atoms with Gasteiger partial charge >= 0.3 is 0 Å². The summed E-state index contributed by atoms with van der Waals surface area (Å²) in [7, 11) is 1.80. The predicted octanol–water partition coefficient (Wildman–Crippen LogP) is 1.35. The Morgan fingerprint density at radius 1 is 1.38 bits per heavy atom. The molecular formula is C15H22N4O2. The molecule has 2 aromatic heterocycles. The summed E-state index contributed by atoms with van der Waals surface area (Å²) in [5.41, 5.74) is 0.521. The Bertz CT molecular complexity index is 587. The number of hydrogen-bond acceptors (Lipinski definition) is 3. The average molecular weight is 290 g/mol. The van der Waals surface area contributed by atoms with E-state index in [1.54, 1.807) is 17.9 Å². The van der Waals surface area contributed by atoms with Crippen LogP contribution in [0.2, 0.25) is 0 Å². The van der Waals surface area contributed by atoms with Crippen molar-refractivity contribution in [2.75, 3.05) is 6.54 Å². The fraction of sp³-hybridized carbons (Fsp3) is 0.467. The predicted molar refractivity (Wildman–Crippen MR) is 80.3 cm³/mol. The molecule has 0 radical (unpaired) electrons. The number of aliphatic hydroxyl groups excluding tert-OH is 1. The van der Waals surface area contributed by atoms with Crippen LogP contribution in [-0.2, 0) is 7.05 Å². The van der Waals surface area contributed by atoms with Gasteiger partial charge in [-0.05, 0) is 24.5 Å². The Hall–Kier alpha value is -2.08. The quantitative estimate of drug-likeness (QED) is 0.843. The minimum absolute atomic E-state index is 0.178. The largest absolute Gasteiger partial charge is 0.393 e. The van der Waals surface area contributed by atoms with Gasteiger partial charge in [0.2, 0.25) is 0 Å². The van der Waals surface area contributed by atoms with Crippen molar-refractivity contribution in [3.63, 3.8) is 0 Å². The molecule has 1 unspecified atom stereocenters. The lowest BCUT2D eigenvalue weighted by atomic mass is 10.0. The fourth-order valence-corrected chi connectivity index (χ4v) is 2.14. The van der Waals surface area contributed by atoms with Crippen LogP contribution in [0.1, 0.15) is 30.6 Å². The van der Waals surface area contributed by atoms with Crippen molar-refractivity contribution in [2.24, 2.45) is 13.0 Å². The Morgan fingerprint density at radius 2 is 2.05 bits per heavy atom. The molecule has 1 amide bonds. The highest BCUT2D eigenvalue weighted by Gasteiger charge is 2.17. The van der Waals surface area contributed by atoms with Gasteiger partial charge in [0.05, 0.1) is 12.3 Å². The smallest absolute Gasteiger partial charge is 0.256 e. The van der Waals surface area contributed by atoms with E-state index in [4.69, 9.17) is 0 Å². The minimum atomic E-state index is -0.400. The Morgan fingerprint density at radius 3 is 2.67 bits per heavy atom. The molecule has 2 aromatic rings. The van der Waals surface area contributed by atoms with Gasteiger partial charge in [-0.1, -0.05) is 13.8 Å². The second-order valence-electron chi connectivity index (χ2n) is 5.45. The van der Waals surface area contributed by atoms with Crippen LogP contribution in [-0.4, -0.2) is 38.0 Å². The number of carbonyl (C=O) groups is 1. The molecule has 21 heavy (non-hydrogen) atoms. The van der Waals surface area contributed by atoms with Gasteiger partial charge in [0, 0.05) is 26.0 Å². The second kappa shape index (κ2) is 6.58. The standard InChI is InChI=1S/C15H22N4O2/c1-11(2)13(20)6-7-16-14(21)12-10-17-18(3)15(12)19-8-4-5-9-19/h4-5,8-11,13,20H,6-7H2,1-3H3,(H,16,21). The number of carbonyl (C=O) groups excluding carboxylic acids is 1. The second-order valence-corrected chi connectivity index (χ2v) is 5.45. The molecule has 0 aliphatic carbocycles. The first-order chi connectivity index (χ1) is 10.0. The normalized spacial score (nSPS) is 12.6. The van der Waals surface area contributed by atoms with E-state index < -0.39 is 6.10 Å². The number of rotatable bonds is 6. The first kappa shape index (κ1) is 15.3. The maximum Gasteiger partial charge on any atom is 0.256 e. The SMILES string of the molecule is CC(C)C(O)CCNC(=O)c1cnn(C)c1-n1cccc1. The summed E-state index contributed by atoms with van der Waals surface area (Å²) in [6, 6.07) is 3.79. The third kappa shape index (κ3) is 3.52. The van der Waals surface area contributed by atoms with Gasteiger partial charge in [-0.15, -0.1) is 0 Å². The lowest BCUT2D eigenvalue weighted by Gasteiger charge is -2.14. The molecule has 6 nitrogen and oxygen atoms in total. The van der Waals surface area contributed by atoms with E-state index in [0.29, 0.717) is 18.5 Å². The number of aryl methyl sites for hydroxylation is 1. The van der Waals surface area contributed by atoms with Crippen molar-refractivity contribution >= 4 is 5.91 Å². The van der Waals surface area contributed by atoms with Crippen LogP contribution in [0, 0.1) is 5.92 Å². The molecule has 114 valence electrons. The molecule has 0 saturated carbocycles. The Kier molecular flexibility index (Phi) is 4.80. The van der Waals surface area contributed by atoms with Gasteiger partial charge in [0.25, 0.3) is 5.91 Å². The maximum atomic E-state index is 12.3. The molecule has 0 aromatic carbocycles. The van der Waals surface area contributed by atoms with Crippen LogP contribution >= 0.6 is 0 Å².